The first-order chi connectivity index (χ1) is 10.5. The molecule has 1 fully saturated rings. The van der Waals surface area contributed by atoms with Crippen LogP contribution in [0.25, 0.3) is 0 Å². The van der Waals surface area contributed by atoms with Crippen LogP contribution in [0.15, 0.2) is 36.7 Å². The Hall–Kier alpha value is -1.72. The molecule has 1 N–H and O–H groups in total. The fourth-order valence-corrected chi connectivity index (χ4v) is 3.20. The summed E-state index contributed by atoms with van der Waals surface area (Å²) in [5, 5.41) is 10.1. The Morgan fingerprint density at radius 2 is 2.05 bits per heavy atom. The summed E-state index contributed by atoms with van der Waals surface area (Å²) in [5.74, 6) is 0.764. The zero-order valence-electron chi connectivity index (χ0n) is 13.0. The summed E-state index contributed by atoms with van der Waals surface area (Å²) in [5.41, 5.74) is 1.04. The van der Waals surface area contributed by atoms with Crippen LogP contribution in [0.2, 0.25) is 0 Å². The predicted octanol–water partition coefficient (Wildman–Crippen LogP) is 2.91. The highest BCUT2D eigenvalue weighted by molar-refractivity contribution is 5.21. The van der Waals surface area contributed by atoms with Gasteiger partial charge in [0.25, 0.3) is 0 Å². The molecule has 22 heavy (non-hydrogen) atoms. The van der Waals surface area contributed by atoms with Gasteiger partial charge in [-0.25, -0.2) is 9.37 Å². The van der Waals surface area contributed by atoms with Gasteiger partial charge in [-0.3, -0.25) is 4.90 Å². The number of hydrogen-bond donors (Lipinski definition) is 1. The number of aromatic nitrogens is 2. The minimum Gasteiger partial charge on any atom is -0.392 e. The third-order valence-electron chi connectivity index (χ3n) is 4.29. The second-order valence-corrected chi connectivity index (χ2v) is 6.23. The maximum Gasteiger partial charge on any atom is 0.123 e. The van der Waals surface area contributed by atoms with Crippen LogP contribution in [-0.2, 0) is 6.54 Å². The summed E-state index contributed by atoms with van der Waals surface area (Å²) >= 11 is 0. The molecule has 0 amide bonds. The molecule has 2 atom stereocenters. The van der Waals surface area contributed by atoms with E-state index in [0.29, 0.717) is 25.6 Å². The average Bonchev–Trinajstić information content (AvgIpc) is 3.07. The molecule has 3 rings (SSSR count). The fourth-order valence-electron chi connectivity index (χ4n) is 3.20. The van der Waals surface area contributed by atoms with Gasteiger partial charge in [0.15, 0.2) is 0 Å². The lowest BCUT2D eigenvalue weighted by atomic mass is 10.0. The van der Waals surface area contributed by atoms with Gasteiger partial charge in [-0.2, -0.15) is 0 Å². The standard InChI is InChI=1S/C17H22FN3O/c1-12(2)21-8-7-19-17(21)11-20-10-15(22)9-16(20)13-3-5-14(18)6-4-13/h3-8,12,15-16,22H,9-11H2,1-2H3/t15-,16+/m0/s1. The number of imidazole rings is 1. The number of aliphatic hydroxyl groups excluding tert-OH is 1. The molecule has 4 nitrogen and oxygen atoms in total. The Kier molecular flexibility index (Phi) is 4.27. The molecule has 0 aliphatic carbocycles. The molecule has 5 heteroatoms. The van der Waals surface area contributed by atoms with E-state index in [0.717, 1.165) is 11.4 Å². The Bertz CT molecular complexity index is 623. The van der Waals surface area contributed by atoms with Crippen molar-refractivity contribution in [2.24, 2.45) is 0 Å². The van der Waals surface area contributed by atoms with Gasteiger partial charge in [0, 0.05) is 31.0 Å². The van der Waals surface area contributed by atoms with Gasteiger partial charge < -0.3 is 9.67 Å². The summed E-state index contributed by atoms with van der Waals surface area (Å²) < 4.78 is 15.3. The molecule has 1 aliphatic heterocycles. The quantitative estimate of drug-likeness (QED) is 0.944. The van der Waals surface area contributed by atoms with Crippen LogP contribution in [0, 0.1) is 5.82 Å². The zero-order valence-corrected chi connectivity index (χ0v) is 13.0. The minimum absolute atomic E-state index is 0.105. The van der Waals surface area contributed by atoms with E-state index in [-0.39, 0.29) is 18.0 Å². The van der Waals surface area contributed by atoms with Crippen molar-refractivity contribution in [2.75, 3.05) is 6.54 Å². The topological polar surface area (TPSA) is 41.3 Å². The molecule has 118 valence electrons. The van der Waals surface area contributed by atoms with Crippen LogP contribution in [0.1, 0.15) is 43.7 Å². The summed E-state index contributed by atoms with van der Waals surface area (Å²) in [4.78, 5) is 6.67. The largest absolute Gasteiger partial charge is 0.392 e. The second kappa shape index (κ2) is 6.18. The van der Waals surface area contributed by atoms with Gasteiger partial charge in [0.2, 0.25) is 0 Å². The molecule has 1 aromatic carbocycles. The lowest BCUT2D eigenvalue weighted by Crippen LogP contribution is -2.26. The highest BCUT2D eigenvalue weighted by Gasteiger charge is 2.32. The summed E-state index contributed by atoms with van der Waals surface area (Å²) in [6.45, 7) is 5.56. The van der Waals surface area contributed by atoms with Gasteiger partial charge in [-0.1, -0.05) is 12.1 Å². The summed E-state index contributed by atoms with van der Waals surface area (Å²) in [6.07, 6.45) is 4.12. The molecule has 0 saturated carbocycles. The Morgan fingerprint density at radius 1 is 1.32 bits per heavy atom. The maximum atomic E-state index is 13.1. The number of benzene rings is 1. The SMILES string of the molecule is CC(C)n1ccnc1CN1C[C@@H](O)C[C@@H]1c1ccc(F)cc1. The third kappa shape index (κ3) is 3.05. The first-order valence-corrected chi connectivity index (χ1v) is 7.74. The van der Waals surface area contributed by atoms with Crippen LogP contribution in [0.4, 0.5) is 4.39 Å². The van der Waals surface area contributed by atoms with E-state index in [9.17, 15) is 9.50 Å². The lowest BCUT2D eigenvalue weighted by Gasteiger charge is -2.25. The highest BCUT2D eigenvalue weighted by atomic mass is 19.1. The first kappa shape index (κ1) is 15.2. The second-order valence-electron chi connectivity index (χ2n) is 6.23. The first-order valence-electron chi connectivity index (χ1n) is 7.74. The molecule has 1 aromatic heterocycles. The molecule has 1 saturated heterocycles. The molecular weight excluding hydrogens is 281 g/mol. The van der Waals surface area contributed by atoms with Crippen LogP contribution < -0.4 is 0 Å². The molecule has 0 unspecified atom stereocenters. The molecule has 0 spiro atoms. The molecule has 1 aliphatic rings. The van der Waals surface area contributed by atoms with Crippen LogP contribution in [0.5, 0.6) is 0 Å². The van der Waals surface area contributed by atoms with Crippen molar-refractivity contribution in [3.05, 3.63) is 53.9 Å². The van der Waals surface area contributed by atoms with E-state index in [1.807, 2.05) is 12.4 Å². The van der Waals surface area contributed by atoms with Crippen molar-refractivity contribution in [1.29, 1.82) is 0 Å². The van der Waals surface area contributed by atoms with Crippen LogP contribution in [0.3, 0.4) is 0 Å². The molecule has 2 aromatic rings. The predicted molar refractivity (Wildman–Crippen MR) is 82.8 cm³/mol. The number of aliphatic hydroxyl groups is 1. The number of β-amino-alcohol motifs (C(OH)–C–C–N with tert-alkyl or cyclic N) is 1. The smallest absolute Gasteiger partial charge is 0.123 e. The monoisotopic (exact) mass is 303 g/mol. The molecule has 0 radical (unpaired) electrons. The van der Waals surface area contributed by atoms with E-state index < -0.39 is 0 Å². The fraction of sp³-hybridized carbons (Fsp3) is 0.471. The van der Waals surface area contributed by atoms with Gasteiger partial charge in [-0.15, -0.1) is 0 Å². The van der Waals surface area contributed by atoms with E-state index in [1.54, 1.807) is 12.1 Å². The van der Waals surface area contributed by atoms with Crippen molar-refractivity contribution in [1.82, 2.24) is 14.5 Å². The van der Waals surface area contributed by atoms with Crippen molar-refractivity contribution < 1.29 is 9.50 Å². The van der Waals surface area contributed by atoms with E-state index in [4.69, 9.17) is 0 Å². The normalized spacial score (nSPS) is 22.6. The summed E-state index contributed by atoms with van der Waals surface area (Å²) in [6, 6.07) is 7.03. The molecule has 0 bridgehead atoms. The van der Waals surface area contributed by atoms with Crippen molar-refractivity contribution in [2.45, 2.75) is 45.0 Å². The Labute approximate surface area is 130 Å². The van der Waals surface area contributed by atoms with Crippen molar-refractivity contribution >= 4 is 0 Å². The highest BCUT2D eigenvalue weighted by Crippen LogP contribution is 2.33. The van der Waals surface area contributed by atoms with Crippen LogP contribution in [-0.4, -0.2) is 32.2 Å². The van der Waals surface area contributed by atoms with Crippen molar-refractivity contribution in [3.63, 3.8) is 0 Å². The molecule has 2 heterocycles. The number of rotatable bonds is 4. The van der Waals surface area contributed by atoms with Crippen molar-refractivity contribution in [3.8, 4) is 0 Å². The van der Waals surface area contributed by atoms with Gasteiger partial charge in [0.05, 0.1) is 12.6 Å². The lowest BCUT2D eigenvalue weighted by molar-refractivity contribution is 0.170. The Balaban J connectivity index is 1.81. The average molecular weight is 303 g/mol. The van der Waals surface area contributed by atoms with E-state index in [1.165, 1.54) is 12.1 Å². The Morgan fingerprint density at radius 3 is 2.73 bits per heavy atom. The maximum absolute atomic E-state index is 13.1. The number of halogens is 1. The minimum atomic E-state index is -0.350. The summed E-state index contributed by atoms with van der Waals surface area (Å²) in [7, 11) is 0. The van der Waals surface area contributed by atoms with E-state index in [2.05, 4.69) is 28.3 Å². The third-order valence-corrected chi connectivity index (χ3v) is 4.29. The van der Waals surface area contributed by atoms with Gasteiger partial charge in [-0.05, 0) is 38.0 Å². The number of nitrogens with zero attached hydrogens (tertiary/aromatic N) is 3. The number of likely N-dealkylation sites (tertiary alicyclic amines) is 1. The number of hydrogen-bond acceptors (Lipinski definition) is 3. The zero-order chi connectivity index (χ0) is 15.7. The molecular formula is C17H22FN3O. The van der Waals surface area contributed by atoms with Gasteiger partial charge >= 0.3 is 0 Å². The van der Waals surface area contributed by atoms with E-state index >= 15 is 0 Å². The van der Waals surface area contributed by atoms with Crippen LogP contribution >= 0.6 is 0 Å². The van der Waals surface area contributed by atoms with Gasteiger partial charge in [0.1, 0.15) is 11.6 Å².